The number of carboxylic acid groups (broad SMARTS) is 1. The fourth-order valence-electron chi connectivity index (χ4n) is 1.94. The summed E-state index contributed by atoms with van der Waals surface area (Å²) in [6, 6.07) is 1.86. The predicted molar refractivity (Wildman–Crippen MR) is 74.7 cm³/mol. The van der Waals surface area contributed by atoms with Gasteiger partial charge in [-0.15, -0.1) is 11.3 Å². The van der Waals surface area contributed by atoms with E-state index in [4.69, 9.17) is 5.11 Å². The van der Waals surface area contributed by atoms with Crippen molar-refractivity contribution in [2.75, 3.05) is 0 Å². The van der Waals surface area contributed by atoms with Crippen LogP contribution in [0, 0.1) is 11.8 Å². The molecule has 4 nitrogen and oxygen atoms in total. The lowest BCUT2D eigenvalue weighted by atomic mass is 10.1. The number of rotatable bonds is 6. The number of hydrogen-bond acceptors (Lipinski definition) is 3. The van der Waals surface area contributed by atoms with Crippen molar-refractivity contribution in [1.82, 2.24) is 5.32 Å². The molecule has 1 heterocycles. The minimum Gasteiger partial charge on any atom is -0.478 e. The van der Waals surface area contributed by atoms with Gasteiger partial charge in [0, 0.05) is 16.9 Å². The lowest BCUT2D eigenvalue weighted by Gasteiger charge is -2.10. The van der Waals surface area contributed by atoms with E-state index < -0.39 is 5.97 Å². The van der Waals surface area contributed by atoms with Crippen LogP contribution in [0.5, 0.6) is 0 Å². The molecule has 102 valence electrons. The van der Waals surface area contributed by atoms with E-state index >= 15 is 0 Å². The highest BCUT2D eigenvalue weighted by Crippen LogP contribution is 2.36. The molecule has 1 aromatic rings. The van der Waals surface area contributed by atoms with Crippen LogP contribution in [0.25, 0.3) is 6.08 Å². The topological polar surface area (TPSA) is 66.4 Å². The second-order valence-corrected chi connectivity index (χ2v) is 5.82. The van der Waals surface area contributed by atoms with E-state index in [-0.39, 0.29) is 11.8 Å². The van der Waals surface area contributed by atoms with Crippen molar-refractivity contribution >= 4 is 29.3 Å². The largest absolute Gasteiger partial charge is 0.478 e. The maximum absolute atomic E-state index is 11.9. The number of aliphatic carboxylic acids is 1. The number of hydrogen-bond donors (Lipinski definition) is 2. The lowest BCUT2D eigenvalue weighted by molar-refractivity contribution is -0.131. The van der Waals surface area contributed by atoms with Crippen molar-refractivity contribution < 1.29 is 14.7 Å². The molecule has 0 saturated heterocycles. The van der Waals surface area contributed by atoms with Gasteiger partial charge in [-0.25, -0.2) is 4.79 Å². The molecule has 19 heavy (non-hydrogen) atoms. The zero-order valence-corrected chi connectivity index (χ0v) is 11.6. The number of carbonyl (C=O) groups is 2. The molecule has 1 fully saturated rings. The van der Waals surface area contributed by atoms with Gasteiger partial charge >= 0.3 is 5.97 Å². The molecular weight excluding hydrogens is 262 g/mol. The van der Waals surface area contributed by atoms with Crippen LogP contribution in [0.15, 0.2) is 17.5 Å². The first-order valence-corrected chi connectivity index (χ1v) is 7.21. The van der Waals surface area contributed by atoms with Crippen molar-refractivity contribution in [2.45, 2.75) is 26.3 Å². The Morgan fingerprint density at radius 2 is 2.32 bits per heavy atom. The van der Waals surface area contributed by atoms with E-state index in [2.05, 4.69) is 5.32 Å². The van der Waals surface area contributed by atoms with E-state index in [0.717, 1.165) is 29.4 Å². The molecular formula is C14H17NO3S. The minimum atomic E-state index is -0.969. The minimum absolute atomic E-state index is 0.0815. The van der Waals surface area contributed by atoms with Gasteiger partial charge in [0.2, 0.25) is 5.91 Å². The number of carbonyl (C=O) groups excluding carboxylic acids is 1. The van der Waals surface area contributed by atoms with E-state index in [9.17, 15) is 9.59 Å². The molecule has 5 heteroatoms. The van der Waals surface area contributed by atoms with Crippen LogP contribution in [0.3, 0.4) is 0 Å². The molecule has 0 radical (unpaired) electrons. The third-order valence-electron chi connectivity index (χ3n) is 3.35. The Labute approximate surface area is 116 Å². The zero-order chi connectivity index (χ0) is 13.8. The fraction of sp³-hybridized carbons (Fsp3) is 0.429. The molecule has 0 bridgehead atoms. The maximum atomic E-state index is 11.9. The van der Waals surface area contributed by atoms with Crippen LogP contribution < -0.4 is 5.32 Å². The molecule has 1 aliphatic carbocycles. The molecule has 0 aliphatic heterocycles. The average Bonchev–Trinajstić information content (AvgIpc) is 3.12. The van der Waals surface area contributed by atoms with Gasteiger partial charge in [-0.05, 0) is 41.8 Å². The van der Waals surface area contributed by atoms with E-state index in [1.165, 1.54) is 11.3 Å². The monoisotopic (exact) mass is 279 g/mol. The normalized spacial score (nSPS) is 16.5. The summed E-state index contributed by atoms with van der Waals surface area (Å²) in [5.74, 6) is -0.250. The van der Waals surface area contributed by atoms with Gasteiger partial charge in [0.15, 0.2) is 0 Å². The van der Waals surface area contributed by atoms with Crippen molar-refractivity contribution in [3.8, 4) is 0 Å². The smallest absolute Gasteiger partial charge is 0.328 e. The van der Waals surface area contributed by atoms with Crippen LogP contribution in [-0.4, -0.2) is 17.0 Å². The average molecular weight is 279 g/mol. The first-order valence-electron chi connectivity index (χ1n) is 6.33. The summed E-state index contributed by atoms with van der Waals surface area (Å²) < 4.78 is 0. The van der Waals surface area contributed by atoms with Crippen molar-refractivity contribution in [2.24, 2.45) is 11.8 Å². The van der Waals surface area contributed by atoms with Gasteiger partial charge in [0.05, 0.1) is 6.54 Å². The van der Waals surface area contributed by atoms with Gasteiger partial charge in [0.25, 0.3) is 0 Å². The van der Waals surface area contributed by atoms with Gasteiger partial charge in [-0.2, -0.15) is 0 Å². The highest BCUT2D eigenvalue weighted by Gasteiger charge is 2.32. The molecule has 0 aromatic carbocycles. The second kappa shape index (κ2) is 6.02. The van der Waals surface area contributed by atoms with Crippen LogP contribution in [0.1, 0.15) is 30.2 Å². The molecule has 0 spiro atoms. The molecule has 1 amide bonds. The number of amides is 1. The zero-order valence-electron chi connectivity index (χ0n) is 10.8. The first-order chi connectivity index (χ1) is 9.08. The number of thiophene rings is 1. The predicted octanol–water partition coefficient (Wildman–Crippen LogP) is 2.51. The number of carboxylic acids is 1. The van der Waals surface area contributed by atoms with Gasteiger partial charge in [-0.3, -0.25) is 4.79 Å². The van der Waals surface area contributed by atoms with Crippen LogP contribution in [-0.2, 0) is 16.1 Å². The summed E-state index contributed by atoms with van der Waals surface area (Å²) in [5.41, 5.74) is 0.853. The summed E-state index contributed by atoms with van der Waals surface area (Å²) >= 11 is 1.52. The fourth-order valence-corrected chi connectivity index (χ4v) is 2.75. The van der Waals surface area contributed by atoms with Crippen molar-refractivity contribution in [3.63, 3.8) is 0 Å². The van der Waals surface area contributed by atoms with Crippen molar-refractivity contribution in [3.05, 3.63) is 28.0 Å². The Hall–Kier alpha value is -1.62. The van der Waals surface area contributed by atoms with Crippen LogP contribution in [0.4, 0.5) is 0 Å². The molecule has 2 N–H and O–H groups in total. The summed E-state index contributed by atoms with van der Waals surface area (Å²) in [5, 5.41) is 13.4. The molecule has 1 atom stereocenters. The summed E-state index contributed by atoms with van der Waals surface area (Å²) in [7, 11) is 0. The Bertz CT molecular complexity index is 503. The Morgan fingerprint density at radius 1 is 1.58 bits per heavy atom. The van der Waals surface area contributed by atoms with Crippen LogP contribution in [0.2, 0.25) is 0 Å². The Morgan fingerprint density at radius 3 is 2.95 bits per heavy atom. The third-order valence-corrected chi connectivity index (χ3v) is 4.29. The Kier molecular flexibility index (Phi) is 4.37. The molecule has 1 saturated carbocycles. The van der Waals surface area contributed by atoms with E-state index in [0.29, 0.717) is 12.5 Å². The van der Waals surface area contributed by atoms with Gasteiger partial charge < -0.3 is 10.4 Å². The maximum Gasteiger partial charge on any atom is 0.328 e. The Balaban J connectivity index is 1.90. The molecule has 1 aromatic heterocycles. The lowest BCUT2D eigenvalue weighted by Crippen LogP contribution is -2.29. The highest BCUT2D eigenvalue weighted by molar-refractivity contribution is 7.10. The summed E-state index contributed by atoms with van der Waals surface area (Å²) in [6.45, 7) is 2.43. The standard InChI is InChI=1S/C14H17NO3S/c1-9(10-2-3-10)14(18)15-8-12-11(6-7-19-12)4-5-13(16)17/h4-7,9-10H,2-3,8H2,1H3,(H,15,18)(H,16,17)/b5-4+. The van der Waals surface area contributed by atoms with Crippen LogP contribution >= 0.6 is 11.3 Å². The SMILES string of the molecule is CC(C(=O)NCc1sccc1/C=C/C(=O)O)C1CC1. The summed E-state index contributed by atoms with van der Waals surface area (Å²) in [4.78, 5) is 23.3. The van der Waals surface area contributed by atoms with Gasteiger partial charge in [-0.1, -0.05) is 6.92 Å². The van der Waals surface area contributed by atoms with E-state index in [1.54, 1.807) is 6.08 Å². The first kappa shape index (κ1) is 13.8. The quantitative estimate of drug-likeness (QED) is 0.786. The molecule has 1 unspecified atom stereocenters. The highest BCUT2D eigenvalue weighted by atomic mass is 32.1. The summed E-state index contributed by atoms with van der Waals surface area (Å²) in [6.07, 6.45) is 4.98. The molecule has 2 rings (SSSR count). The van der Waals surface area contributed by atoms with E-state index in [1.807, 2.05) is 18.4 Å². The number of nitrogens with one attached hydrogen (secondary N) is 1. The van der Waals surface area contributed by atoms with Gasteiger partial charge in [0.1, 0.15) is 0 Å². The molecule has 1 aliphatic rings. The third kappa shape index (κ3) is 3.92. The second-order valence-electron chi connectivity index (χ2n) is 4.81. The van der Waals surface area contributed by atoms with Crippen molar-refractivity contribution in [1.29, 1.82) is 0 Å².